The number of fused-ring (bicyclic) bond motifs is 1. The minimum Gasteiger partial charge on any atom is -0.303 e. The summed E-state index contributed by atoms with van der Waals surface area (Å²) in [5, 5.41) is 0. The van der Waals surface area contributed by atoms with Crippen LogP contribution in [-0.2, 0) is 9.59 Å². The van der Waals surface area contributed by atoms with Crippen molar-refractivity contribution in [1.82, 2.24) is 0 Å². The van der Waals surface area contributed by atoms with Crippen LogP contribution < -0.4 is 0 Å². The molecule has 2 rings (SSSR count). The van der Waals surface area contributed by atoms with Crippen LogP contribution in [0, 0.1) is 41.4 Å². The fourth-order valence-corrected chi connectivity index (χ4v) is 5.32. The average molecular weight is 416 g/mol. The predicted molar refractivity (Wildman–Crippen MR) is 99.0 cm³/mol. The van der Waals surface area contributed by atoms with Crippen molar-refractivity contribution in [1.29, 1.82) is 0 Å². The van der Waals surface area contributed by atoms with Crippen molar-refractivity contribution < 1.29 is 9.59 Å². The summed E-state index contributed by atoms with van der Waals surface area (Å²) >= 11 is 2.44. The molecule has 2 aliphatic carbocycles. The highest BCUT2D eigenvalue weighted by Crippen LogP contribution is 2.49. The van der Waals surface area contributed by atoms with Gasteiger partial charge in [-0.05, 0) is 48.9 Å². The van der Waals surface area contributed by atoms with E-state index in [1.165, 1.54) is 5.57 Å². The largest absolute Gasteiger partial charge is 0.303 e. The Morgan fingerprint density at radius 2 is 1.91 bits per heavy atom. The van der Waals surface area contributed by atoms with Crippen LogP contribution in [0.5, 0.6) is 0 Å². The van der Waals surface area contributed by atoms with E-state index in [0.717, 1.165) is 23.6 Å². The number of halogens is 1. The number of Topliss-reactive ketones (excluding diaryl/α,β-unsaturated/α-hetero) is 1. The second-order valence-corrected chi connectivity index (χ2v) is 8.70. The van der Waals surface area contributed by atoms with Crippen LogP contribution in [0.15, 0.2) is 11.6 Å². The van der Waals surface area contributed by atoms with Crippen LogP contribution in [0.2, 0.25) is 0 Å². The van der Waals surface area contributed by atoms with Gasteiger partial charge < -0.3 is 4.79 Å². The van der Waals surface area contributed by atoms with E-state index < -0.39 is 0 Å². The van der Waals surface area contributed by atoms with Crippen molar-refractivity contribution in [2.75, 3.05) is 4.43 Å². The summed E-state index contributed by atoms with van der Waals surface area (Å²) in [6, 6.07) is 0. The summed E-state index contributed by atoms with van der Waals surface area (Å²) in [6.45, 7) is 8.75. The highest BCUT2D eigenvalue weighted by molar-refractivity contribution is 14.1. The zero-order chi connectivity index (χ0) is 16.4. The van der Waals surface area contributed by atoms with E-state index in [0.29, 0.717) is 47.7 Å². The Kier molecular flexibility index (Phi) is 6.26. The number of aldehydes is 1. The molecule has 2 aliphatic rings. The number of carbonyl (C=O) groups is 2. The lowest BCUT2D eigenvalue weighted by Gasteiger charge is -2.47. The van der Waals surface area contributed by atoms with Gasteiger partial charge in [0.15, 0.2) is 0 Å². The third kappa shape index (κ3) is 3.65. The number of carbonyl (C=O) groups excluding carboxylic acids is 2. The molecule has 1 fully saturated rings. The minimum atomic E-state index is 0.0811. The Bertz CT molecular complexity index is 454. The van der Waals surface area contributed by atoms with Crippen molar-refractivity contribution >= 4 is 34.7 Å². The highest BCUT2D eigenvalue weighted by atomic mass is 127. The van der Waals surface area contributed by atoms with Crippen LogP contribution >= 0.6 is 22.6 Å². The maximum Gasteiger partial charge on any atom is 0.133 e. The molecule has 0 aromatic rings. The normalized spacial score (nSPS) is 34.8. The van der Waals surface area contributed by atoms with Crippen molar-refractivity contribution in [2.24, 2.45) is 41.4 Å². The third-order valence-corrected chi connectivity index (χ3v) is 7.29. The predicted octanol–water partition coefficient (Wildman–Crippen LogP) is 4.71. The molecule has 1 saturated carbocycles. The first kappa shape index (κ1) is 18.2. The number of alkyl halides is 1. The van der Waals surface area contributed by atoms with Crippen molar-refractivity contribution in [3.05, 3.63) is 11.6 Å². The Morgan fingerprint density at radius 1 is 1.23 bits per heavy atom. The molecule has 6 atom stereocenters. The zero-order valence-electron chi connectivity index (χ0n) is 14.2. The van der Waals surface area contributed by atoms with Gasteiger partial charge in [-0.15, -0.1) is 0 Å². The lowest BCUT2D eigenvalue weighted by molar-refractivity contribution is -0.128. The Morgan fingerprint density at radius 3 is 2.45 bits per heavy atom. The molecule has 0 spiro atoms. The van der Waals surface area contributed by atoms with E-state index in [-0.39, 0.29) is 5.92 Å². The van der Waals surface area contributed by atoms with Gasteiger partial charge in [-0.1, -0.05) is 55.0 Å². The van der Waals surface area contributed by atoms with Gasteiger partial charge in [0.2, 0.25) is 0 Å². The van der Waals surface area contributed by atoms with Crippen molar-refractivity contribution in [3.63, 3.8) is 0 Å². The third-order valence-electron chi connectivity index (χ3n) is 5.90. The first-order valence-corrected chi connectivity index (χ1v) is 10.1. The lowest BCUT2D eigenvalue weighted by atomic mass is 9.57. The van der Waals surface area contributed by atoms with E-state index in [1.807, 2.05) is 0 Å². The number of hydrogen-bond donors (Lipinski definition) is 0. The summed E-state index contributed by atoms with van der Waals surface area (Å²) in [6.07, 6.45) is 5.99. The maximum absolute atomic E-state index is 12.3. The van der Waals surface area contributed by atoms with Gasteiger partial charge in [-0.25, -0.2) is 0 Å². The standard InChI is InChI=1S/C19H29IO2/c1-11(2)19(10-21)17-6-12(3)5-16-15(13(4)9-20)7-14(22)8-18(16)17/h5,10-11,13,15-19H,6-9H2,1-4H3/t13-,15+,16-,17-,18+,19-/m1/s1. The fourth-order valence-electron chi connectivity index (χ4n) is 4.67. The molecule has 0 bridgehead atoms. The van der Waals surface area contributed by atoms with Crippen molar-refractivity contribution in [2.45, 2.75) is 47.0 Å². The second-order valence-electron chi connectivity index (χ2n) is 7.82. The van der Waals surface area contributed by atoms with E-state index in [9.17, 15) is 9.59 Å². The van der Waals surface area contributed by atoms with Crippen LogP contribution in [-0.4, -0.2) is 16.5 Å². The number of allylic oxidation sites excluding steroid dienone is 2. The van der Waals surface area contributed by atoms with E-state index in [4.69, 9.17) is 0 Å². The van der Waals surface area contributed by atoms with Gasteiger partial charge in [-0.2, -0.15) is 0 Å². The molecule has 0 heterocycles. The van der Waals surface area contributed by atoms with E-state index in [1.54, 1.807) is 0 Å². The molecule has 124 valence electrons. The number of ketones is 1. The van der Waals surface area contributed by atoms with E-state index >= 15 is 0 Å². The van der Waals surface area contributed by atoms with Gasteiger partial charge in [-0.3, -0.25) is 4.79 Å². The Balaban J connectivity index is 2.35. The second kappa shape index (κ2) is 7.59. The minimum absolute atomic E-state index is 0.0811. The summed E-state index contributed by atoms with van der Waals surface area (Å²) in [7, 11) is 0. The lowest BCUT2D eigenvalue weighted by Crippen LogP contribution is -2.44. The SMILES string of the molecule is CC1=C[C@@H]2[C@H]([C@H](C)CI)CC(=O)C[C@@H]2[C@H]([C@H](C=O)C(C)C)C1. The monoisotopic (exact) mass is 416 g/mol. The van der Waals surface area contributed by atoms with E-state index in [2.05, 4.69) is 56.4 Å². The Labute approximate surface area is 148 Å². The first-order valence-electron chi connectivity index (χ1n) is 8.59. The molecule has 0 aromatic carbocycles. The number of rotatable bonds is 5. The molecule has 2 nitrogen and oxygen atoms in total. The van der Waals surface area contributed by atoms with Crippen molar-refractivity contribution in [3.8, 4) is 0 Å². The smallest absolute Gasteiger partial charge is 0.133 e. The van der Waals surface area contributed by atoms with Crippen LogP contribution in [0.1, 0.15) is 47.0 Å². The summed E-state index contributed by atoms with van der Waals surface area (Å²) in [5.74, 6) is 3.08. The molecule has 0 aliphatic heterocycles. The summed E-state index contributed by atoms with van der Waals surface area (Å²) in [5.41, 5.74) is 1.42. The molecule has 0 saturated heterocycles. The molecular formula is C19H29IO2. The summed E-state index contributed by atoms with van der Waals surface area (Å²) in [4.78, 5) is 24.0. The molecule has 0 aromatic heterocycles. The van der Waals surface area contributed by atoms with Gasteiger partial charge in [0.25, 0.3) is 0 Å². The van der Waals surface area contributed by atoms with Crippen LogP contribution in [0.25, 0.3) is 0 Å². The quantitative estimate of drug-likeness (QED) is 0.282. The molecule has 3 heteroatoms. The fraction of sp³-hybridized carbons (Fsp3) is 0.789. The highest BCUT2D eigenvalue weighted by Gasteiger charge is 2.46. The molecule has 0 unspecified atom stereocenters. The van der Waals surface area contributed by atoms with Gasteiger partial charge in [0.05, 0.1) is 0 Å². The number of hydrogen-bond acceptors (Lipinski definition) is 2. The summed E-state index contributed by atoms with van der Waals surface area (Å²) < 4.78 is 1.10. The van der Waals surface area contributed by atoms with Crippen LogP contribution in [0.3, 0.4) is 0 Å². The maximum atomic E-state index is 12.3. The van der Waals surface area contributed by atoms with Gasteiger partial charge in [0, 0.05) is 23.2 Å². The Hall–Kier alpha value is -0.190. The van der Waals surface area contributed by atoms with Gasteiger partial charge >= 0.3 is 0 Å². The molecule has 0 radical (unpaired) electrons. The topological polar surface area (TPSA) is 34.1 Å². The average Bonchev–Trinajstić information content (AvgIpc) is 2.46. The molecule has 22 heavy (non-hydrogen) atoms. The molecule has 0 N–H and O–H groups in total. The molecule has 0 amide bonds. The van der Waals surface area contributed by atoms with Gasteiger partial charge in [0.1, 0.15) is 12.1 Å². The van der Waals surface area contributed by atoms with Crippen LogP contribution in [0.4, 0.5) is 0 Å². The first-order chi connectivity index (χ1) is 10.4. The molecular weight excluding hydrogens is 387 g/mol. The zero-order valence-corrected chi connectivity index (χ0v) is 16.4.